The predicted molar refractivity (Wildman–Crippen MR) is 96.5 cm³/mol. The zero-order valence-electron chi connectivity index (χ0n) is 14.6. The number of anilines is 2. The van der Waals surface area contributed by atoms with E-state index in [0.717, 1.165) is 47.2 Å². The molecule has 1 aromatic carbocycles. The second kappa shape index (κ2) is 6.99. The highest BCUT2D eigenvalue weighted by Crippen LogP contribution is 2.23. The van der Waals surface area contributed by atoms with Crippen molar-refractivity contribution >= 4 is 17.5 Å². The summed E-state index contributed by atoms with van der Waals surface area (Å²) in [7, 11) is 0. The lowest BCUT2D eigenvalue weighted by Gasteiger charge is -2.18. The van der Waals surface area contributed by atoms with E-state index < -0.39 is 0 Å². The SMILES string of the molecule is Cc1cccc(CC(=O)Nc2c(C)nc(N3CCCC3)nc2C)c1. The lowest BCUT2D eigenvalue weighted by atomic mass is 10.1. The van der Waals surface area contributed by atoms with Crippen molar-refractivity contribution in [2.24, 2.45) is 0 Å². The molecule has 1 saturated heterocycles. The third kappa shape index (κ3) is 3.72. The molecule has 5 heteroatoms. The number of hydrogen-bond acceptors (Lipinski definition) is 4. The highest BCUT2D eigenvalue weighted by Gasteiger charge is 2.18. The zero-order valence-corrected chi connectivity index (χ0v) is 14.6. The minimum Gasteiger partial charge on any atom is -0.341 e. The molecule has 0 saturated carbocycles. The second-order valence-electron chi connectivity index (χ2n) is 6.48. The second-order valence-corrected chi connectivity index (χ2v) is 6.48. The van der Waals surface area contributed by atoms with Crippen LogP contribution in [0.4, 0.5) is 11.6 Å². The third-order valence-corrected chi connectivity index (χ3v) is 4.36. The van der Waals surface area contributed by atoms with Crippen LogP contribution < -0.4 is 10.2 Å². The first kappa shape index (κ1) is 16.4. The normalized spacial score (nSPS) is 14.0. The van der Waals surface area contributed by atoms with Gasteiger partial charge in [-0.1, -0.05) is 29.8 Å². The van der Waals surface area contributed by atoms with E-state index in [0.29, 0.717) is 6.42 Å². The first-order valence-electron chi connectivity index (χ1n) is 8.48. The van der Waals surface area contributed by atoms with Crippen LogP contribution in [0, 0.1) is 20.8 Å². The van der Waals surface area contributed by atoms with Crippen molar-refractivity contribution in [3.05, 3.63) is 46.8 Å². The molecular weight excluding hydrogens is 300 g/mol. The first-order valence-corrected chi connectivity index (χ1v) is 8.48. The van der Waals surface area contributed by atoms with Crippen molar-refractivity contribution in [2.45, 2.75) is 40.0 Å². The van der Waals surface area contributed by atoms with Gasteiger partial charge in [-0.2, -0.15) is 0 Å². The number of carbonyl (C=O) groups excluding carboxylic acids is 1. The Morgan fingerprint density at radius 2 is 1.79 bits per heavy atom. The van der Waals surface area contributed by atoms with Gasteiger partial charge in [0.05, 0.1) is 23.5 Å². The molecule has 0 aliphatic carbocycles. The Balaban J connectivity index is 1.73. The number of aryl methyl sites for hydroxylation is 3. The number of nitrogens with zero attached hydrogens (tertiary/aromatic N) is 3. The monoisotopic (exact) mass is 324 g/mol. The molecule has 1 aliphatic heterocycles. The van der Waals surface area contributed by atoms with Crippen molar-refractivity contribution in [2.75, 3.05) is 23.3 Å². The van der Waals surface area contributed by atoms with Crippen LogP contribution in [-0.2, 0) is 11.2 Å². The van der Waals surface area contributed by atoms with Crippen LogP contribution in [0.25, 0.3) is 0 Å². The molecule has 126 valence electrons. The minimum absolute atomic E-state index is 0.0377. The summed E-state index contributed by atoms with van der Waals surface area (Å²) in [5.41, 5.74) is 4.54. The maximum Gasteiger partial charge on any atom is 0.228 e. The van der Waals surface area contributed by atoms with E-state index in [1.54, 1.807) is 0 Å². The summed E-state index contributed by atoms with van der Waals surface area (Å²) in [6, 6.07) is 8.01. The summed E-state index contributed by atoms with van der Waals surface area (Å²) >= 11 is 0. The fourth-order valence-electron chi connectivity index (χ4n) is 3.13. The average molecular weight is 324 g/mol. The summed E-state index contributed by atoms with van der Waals surface area (Å²) in [5, 5.41) is 2.98. The molecule has 0 bridgehead atoms. The van der Waals surface area contributed by atoms with Crippen molar-refractivity contribution in [3.63, 3.8) is 0 Å². The van der Waals surface area contributed by atoms with Crippen LogP contribution in [0.15, 0.2) is 24.3 Å². The number of aromatic nitrogens is 2. The summed E-state index contributed by atoms with van der Waals surface area (Å²) in [4.78, 5) is 23.7. The molecule has 0 radical (unpaired) electrons. The molecule has 0 spiro atoms. The highest BCUT2D eigenvalue weighted by molar-refractivity contribution is 5.93. The van der Waals surface area contributed by atoms with Crippen molar-refractivity contribution in [1.29, 1.82) is 0 Å². The molecular formula is C19H24N4O. The molecule has 1 amide bonds. The van der Waals surface area contributed by atoms with Gasteiger partial charge in [-0.15, -0.1) is 0 Å². The Morgan fingerprint density at radius 1 is 1.12 bits per heavy atom. The lowest BCUT2D eigenvalue weighted by Crippen LogP contribution is -2.23. The van der Waals surface area contributed by atoms with E-state index in [9.17, 15) is 4.79 Å². The standard InChI is InChI=1S/C19H24N4O/c1-13-7-6-8-16(11-13)12-17(24)22-18-14(2)20-19(21-15(18)3)23-9-4-5-10-23/h6-8,11H,4-5,9-10,12H2,1-3H3,(H,22,24). The highest BCUT2D eigenvalue weighted by atomic mass is 16.1. The molecule has 1 aromatic heterocycles. The predicted octanol–water partition coefficient (Wildman–Crippen LogP) is 3.18. The van der Waals surface area contributed by atoms with Gasteiger partial charge in [-0.3, -0.25) is 4.79 Å². The molecule has 3 rings (SSSR count). The van der Waals surface area contributed by atoms with Crippen LogP contribution >= 0.6 is 0 Å². The number of benzene rings is 1. The summed E-state index contributed by atoms with van der Waals surface area (Å²) in [5.74, 6) is 0.739. The Labute approximate surface area is 143 Å². The van der Waals surface area contributed by atoms with E-state index in [-0.39, 0.29) is 5.91 Å². The molecule has 1 N–H and O–H groups in total. The summed E-state index contributed by atoms with van der Waals surface area (Å²) in [6.07, 6.45) is 2.74. The molecule has 1 fully saturated rings. The van der Waals surface area contributed by atoms with Crippen molar-refractivity contribution in [3.8, 4) is 0 Å². The van der Waals surface area contributed by atoms with Gasteiger partial charge in [0.15, 0.2) is 0 Å². The topological polar surface area (TPSA) is 58.1 Å². The number of hydrogen-bond donors (Lipinski definition) is 1. The van der Waals surface area contributed by atoms with Crippen LogP contribution in [0.5, 0.6) is 0 Å². The lowest BCUT2D eigenvalue weighted by molar-refractivity contribution is -0.115. The van der Waals surface area contributed by atoms with Gasteiger partial charge in [0.25, 0.3) is 0 Å². The van der Waals surface area contributed by atoms with E-state index in [4.69, 9.17) is 0 Å². The molecule has 2 heterocycles. The molecule has 24 heavy (non-hydrogen) atoms. The molecule has 1 aliphatic rings. The molecule has 5 nitrogen and oxygen atoms in total. The Bertz CT molecular complexity index is 728. The third-order valence-electron chi connectivity index (χ3n) is 4.36. The van der Waals surface area contributed by atoms with Crippen LogP contribution in [0.2, 0.25) is 0 Å². The summed E-state index contributed by atoms with van der Waals surface area (Å²) < 4.78 is 0. The van der Waals surface area contributed by atoms with Gasteiger partial charge in [0, 0.05) is 13.1 Å². The Morgan fingerprint density at radius 3 is 2.42 bits per heavy atom. The smallest absolute Gasteiger partial charge is 0.228 e. The van der Waals surface area contributed by atoms with Crippen LogP contribution in [-0.4, -0.2) is 29.0 Å². The van der Waals surface area contributed by atoms with E-state index in [1.807, 2.05) is 45.0 Å². The van der Waals surface area contributed by atoms with E-state index >= 15 is 0 Å². The molecule has 0 unspecified atom stereocenters. The van der Waals surface area contributed by atoms with Crippen LogP contribution in [0.3, 0.4) is 0 Å². The Hall–Kier alpha value is -2.43. The van der Waals surface area contributed by atoms with Crippen molar-refractivity contribution in [1.82, 2.24) is 9.97 Å². The average Bonchev–Trinajstić information content (AvgIpc) is 3.05. The quantitative estimate of drug-likeness (QED) is 0.938. The number of nitrogens with one attached hydrogen (secondary N) is 1. The van der Waals surface area contributed by atoms with Gasteiger partial charge in [0.1, 0.15) is 0 Å². The van der Waals surface area contributed by atoms with Crippen LogP contribution in [0.1, 0.15) is 35.4 Å². The van der Waals surface area contributed by atoms with E-state index in [2.05, 4.69) is 20.2 Å². The fourth-order valence-corrected chi connectivity index (χ4v) is 3.13. The van der Waals surface area contributed by atoms with Gasteiger partial charge >= 0.3 is 0 Å². The Kier molecular flexibility index (Phi) is 4.79. The maximum atomic E-state index is 12.4. The van der Waals surface area contributed by atoms with Gasteiger partial charge in [0.2, 0.25) is 11.9 Å². The zero-order chi connectivity index (χ0) is 17.1. The van der Waals surface area contributed by atoms with Gasteiger partial charge in [-0.25, -0.2) is 9.97 Å². The number of rotatable bonds is 4. The van der Waals surface area contributed by atoms with Gasteiger partial charge in [-0.05, 0) is 39.2 Å². The fraction of sp³-hybridized carbons (Fsp3) is 0.421. The van der Waals surface area contributed by atoms with E-state index in [1.165, 1.54) is 12.8 Å². The van der Waals surface area contributed by atoms with Gasteiger partial charge < -0.3 is 10.2 Å². The molecule has 2 aromatic rings. The first-order chi connectivity index (χ1) is 11.5. The largest absolute Gasteiger partial charge is 0.341 e. The maximum absolute atomic E-state index is 12.4. The summed E-state index contributed by atoms with van der Waals surface area (Å²) in [6.45, 7) is 7.91. The molecule has 0 atom stereocenters. The van der Waals surface area contributed by atoms with Crippen molar-refractivity contribution < 1.29 is 4.79 Å². The number of amides is 1. The number of carbonyl (C=O) groups is 1. The minimum atomic E-state index is -0.0377.